The molecule has 3 fully saturated rings. The SMILES string of the molecule is CC(=O)c1c(C)cc2cc(C(=O)O)cc(OC3OC(CO)C(O)(CCC4CCCC5COCCC45)C(O)C3O)c2c1O. The summed E-state index contributed by atoms with van der Waals surface area (Å²) < 4.78 is 17.4. The van der Waals surface area contributed by atoms with Crippen LogP contribution < -0.4 is 4.74 Å². The standard InChI is InChI=1S/C31H40O11/c1-15-10-19-11-20(29(37)38)12-22(25(19)26(34)24(15)16(2)33)41-30-27(35)28(36)31(39,23(13-32)42-30)8-6-17-4-3-5-18-14-40-9-7-21(17)18/h10-12,17-18,21,23,27-28,30,32,34-36,39H,3-9,13-14H2,1-2H3,(H,37,38). The second kappa shape index (κ2) is 12.1. The number of aryl methyl sites for hydroxylation is 1. The molecule has 2 heterocycles. The highest BCUT2D eigenvalue weighted by Crippen LogP contribution is 2.45. The Kier molecular flexibility index (Phi) is 8.80. The van der Waals surface area contributed by atoms with E-state index in [-0.39, 0.29) is 34.1 Å². The molecule has 0 amide bonds. The highest BCUT2D eigenvalue weighted by Gasteiger charge is 2.55. The molecule has 6 N–H and O–H groups in total. The normalized spacial score (nSPS) is 33.2. The number of ether oxygens (including phenoxy) is 3. The molecule has 42 heavy (non-hydrogen) atoms. The number of carbonyl (C=O) groups is 2. The minimum atomic E-state index is -1.97. The Bertz CT molecular complexity index is 1340. The predicted octanol–water partition coefficient (Wildman–Crippen LogP) is 2.54. The van der Waals surface area contributed by atoms with Gasteiger partial charge in [0.05, 0.1) is 23.1 Å². The zero-order chi connectivity index (χ0) is 30.3. The van der Waals surface area contributed by atoms with Gasteiger partial charge in [-0.2, -0.15) is 0 Å². The number of benzene rings is 2. The number of hydrogen-bond acceptors (Lipinski definition) is 10. The molecule has 1 saturated carbocycles. The molecule has 1 aliphatic carbocycles. The van der Waals surface area contributed by atoms with Gasteiger partial charge in [0.25, 0.3) is 0 Å². The molecule has 2 aromatic carbocycles. The summed E-state index contributed by atoms with van der Waals surface area (Å²) >= 11 is 0. The second-order valence-electron chi connectivity index (χ2n) is 12.1. The van der Waals surface area contributed by atoms with Gasteiger partial charge in [-0.3, -0.25) is 4.79 Å². The molecule has 8 unspecified atom stereocenters. The fraction of sp³-hybridized carbons (Fsp3) is 0.613. The van der Waals surface area contributed by atoms with Crippen molar-refractivity contribution in [3.05, 3.63) is 34.9 Å². The molecule has 3 aliphatic rings. The molecule has 0 radical (unpaired) electrons. The number of aromatic carboxylic acids is 1. The van der Waals surface area contributed by atoms with Crippen LogP contribution in [-0.4, -0.2) is 92.4 Å². The van der Waals surface area contributed by atoms with E-state index in [1.165, 1.54) is 13.0 Å². The van der Waals surface area contributed by atoms with Crippen LogP contribution in [0.25, 0.3) is 10.8 Å². The van der Waals surface area contributed by atoms with Crippen molar-refractivity contribution in [3.8, 4) is 11.5 Å². The number of carboxylic acids is 1. The van der Waals surface area contributed by atoms with Crippen LogP contribution in [0.1, 0.15) is 71.7 Å². The molecule has 5 rings (SSSR count). The topological polar surface area (TPSA) is 183 Å². The van der Waals surface area contributed by atoms with Crippen LogP contribution >= 0.6 is 0 Å². The number of ketones is 1. The Morgan fingerprint density at radius 1 is 1.14 bits per heavy atom. The van der Waals surface area contributed by atoms with Gasteiger partial charge in [-0.25, -0.2) is 4.79 Å². The second-order valence-corrected chi connectivity index (χ2v) is 12.1. The van der Waals surface area contributed by atoms with Gasteiger partial charge in [0, 0.05) is 13.2 Å². The van der Waals surface area contributed by atoms with Crippen LogP contribution in [-0.2, 0) is 9.47 Å². The summed E-state index contributed by atoms with van der Waals surface area (Å²) in [5, 5.41) is 65.1. The van der Waals surface area contributed by atoms with Crippen LogP contribution in [0.3, 0.4) is 0 Å². The first-order chi connectivity index (χ1) is 20.0. The summed E-state index contributed by atoms with van der Waals surface area (Å²) in [5.74, 6) is -1.10. The summed E-state index contributed by atoms with van der Waals surface area (Å²) in [5.41, 5.74) is -1.71. The van der Waals surface area contributed by atoms with Crippen LogP contribution in [0.15, 0.2) is 18.2 Å². The van der Waals surface area contributed by atoms with Crippen LogP contribution in [0.2, 0.25) is 0 Å². The maximum absolute atomic E-state index is 12.3. The average molecular weight is 589 g/mol. The van der Waals surface area contributed by atoms with E-state index in [0.717, 1.165) is 38.4 Å². The van der Waals surface area contributed by atoms with E-state index >= 15 is 0 Å². The van der Waals surface area contributed by atoms with Gasteiger partial charge in [-0.1, -0.05) is 18.9 Å². The molecule has 0 bridgehead atoms. The van der Waals surface area contributed by atoms with Gasteiger partial charge in [-0.15, -0.1) is 0 Å². The van der Waals surface area contributed by atoms with E-state index in [0.29, 0.717) is 36.3 Å². The maximum atomic E-state index is 12.3. The molecule has 8 atom stereocenters. The smallest absolute Gasteiger partial charge is 0.335 e. The Morgan fingerprint density at radius 3 is 2.60 bits per heavy atom. The summed E-state index contributed by atoms with van der Waals surface area (Å²) in [6.07, 6.45) is -1.78. The summed E-state index contributed by atoms with van der Waals surface area (Å²) in [6.45, 7) is 3.64. The quantitative estimate of drug-likeness (QED) is 0.249. The van der Waals surface area contributed by atoms with Crippen LogP contribution in [0, 0.1) is 24.7 Å². The minimum absolute atomic E-state index is 0.0192. The van der Waals surface area contributed by atoms with E-state index in [9.17, 15) is 40.2 Å². The number of hydrogen-bond donors (Lipinski definition) is 6. The van der Waals surface area contributed by atoms with Gasteiger partial charge in [0.2, 0.25) is 6.29 Å². The summed E-state index contributed by atoms with van der Waals surface area (Å²) in [7, 11) is 0. The van der Waals surface area contributed by atoms with Gasteiger partial charge < -0.3 is 44.8 Å². The third-order valence-electron chi connectivity index (χ3n) is 9.55. The molecule has 0 aromatic heterocycles. The van der Waals surface area contributed by atoms with E-state index in [1.54, 1.807) is 13.0 Å². The van der Waals surface area contributed by atoms with Crippen molar-refractivity contribution in [2.24, 2.45) is 17.8 Å². The number of fused-ring (bicyclic) bond motifs is 2. The number of aliphatic hydroxyl groups excluding tert-OH is 3. The van der Waals surface area contributed by atoms with E-state index in [1.807, 2.05) is 0 Å². The van der Waals surface area contributed by atoms with Crippen molar-refractivity contribution in [1.29, 1.82) is 0 Å². The van der Waals surface area contributed by atoms with Crippen molar-refractivity contribution in [2.75, 3.05) is 19.8 Å². The first-order valence-corrected chi connectivity index (χ1v) is 14.6. The van der Waals surface area contributed by atoms with Crippen molar-refractivity contribution >= 4 is 22.5 Å². The number of carbonyl (C=O) groups excluding carboxylic acids is 1. The molecule has 2 aromatic rings. The van der Waals surface area contributed by atoms with Crippen molar-refractivity contribution in [2.45, 2.75) is 82.6 Å². The molecule has 230 valence electrons. The Morgan fingerprint density at radius 2 is 1.90 bits per heavy atom. The van der Waals surface area contributed by atoms with Crippen molar-refractivity contribution in [3.63, 3.8) is 0 Å². The average Bonchev–Trinajstić information content (AvgIpc) is 2.95. The number of carboxylic acid groups (broad SMARTS) is 1. The Hall–Kier alpha value is -2.80. The largest absolute Gasteiger partial charge is 0.506 e. The van der Waals surface area contributed by atoms with Gasteiger partial charge in [0.1, 0.15) is 35.4 Å². The van der Waals surface area contributed by atoms with Gasteiger partial charge in [-0.05, 0) is 80.4 Å². The highest BCUT2D eigenvalue weighted by atomic mass is 16.7. The molecule has 11 nitrogen and oxygen atoms in total. The lowest BCUT2D eigenvalue weighted by Gasteiger charge is -2.49. The lowest BCUT2D eigenvalue weighted by atomic mass is 9.67. The van der Waals surface area contributed by atoms with Crippen molar-refractivity contribution in [1.82, 2.24) is 0 Å². The Labute approximate surface area is 243 Å². The zero-order valence-electron chi connectivity index (χ0n) is 23.9. The molecule has 11 heteroatoms. The molecule has 2 saturated heterocycles. The first-order valence-electron chi connectivity index (χ1n) is 14.6. The third kappa shape index (κ3) is 5.49. The fourth-order valence-electron chi connectivity index (χ4n) is 7.37. The molecule has 2 aliphatic heterocycles. The highest BCUT2D eigenvalue weighted by molar-refractivity contribution is 6.08. The number of aliphatic hydroxyl groups is 4. The maximum Gasteiger partial charge on any atom is 0.335 e. The van der Waals surface area contributed by atoms with E-state index in [4.69, 9.17) is 14.2 Å². The van der Waals surface area contributed by atoms with Crippen LogP contribution in [0.5, 0.6) is 11.5 Å². The summed E-state index contributed by atoms with van der Waals surface area (Å²) in [4.78, 5) is 24.1. The first kappa shape index (κ1) is 30.7. The molecular formula is C31H40O11. The molecule has 0 spiro atoms. The van der Waals surface area contributed by atoms with Crippen molar-refractivity contribution < 1.29 is 54.4 Å². The summed E-state index contributed by atoms with van der Waals surface area (Å²) in [6, 6.07) is 3.98. The number of rotatable bonds is 8. The van der Waals surface area contributed by atoms with Crippen LogP contribution in [0.4, 0.5) is 0 Å². The number of phenols is 1. The Balaban J connectivity index is 1.42. The monoisotopic (exact) mass is 588 g/mol. The number of Topliss-reactive ketones (excluding diaryl/α,β-unsaturated/α-hetero) is 1. The van der Waals surface area contributed by atoms with E-state index < -0.39 is 54.3 Å². The fourth-order valence-corrected chi connectivity index (χ4v) is 7.37. The lowest BCUT2D eigenvalue weighted by Crippen LogP contribution is -2.68. The lowest BCUT2D eigenvalue weighted by molar-refractivity contribution is -0.315. The zero-order valence-corrected chi connectivity index (χ0v) is 23.9. The molecular weight excluding hydrogens is 548 g/mol. The van der Waals surface area contributed by atoms with E-state index in [2.05, 4.69) is 0 Å². The number of aromatic hydroxyl groups is 1. The van der Waals surface area contributed by atoms with Gasteiger partial charge in [0.15, 0.2) is 5.78 Å². The van der Waals surface area contributed by atoms with Gasteiger partial charge >= 0.3 is 5.97 Å². The number of phenolic OH excluding ortho intramolecular Hbond substituents is 1. The predicted molar refractivity (Wildman–Crippen MR) is 150 cm³/mol. The minimum Gasteiger partial charge on any atom is -0.506 e. The third-order valence-corrected chi connectivity index (χ3v) is 9.55.